The molecule has 19 heavy (non-hydrogen) atoms. The van der Waals surface area contributed by atoms with Crippen LogP contribution in [0.4, 0.5) is 0 Å². The van der Waals surface area contributed by atoms with E-state index in [0.717, 1.165) is 18.7 Å². The molecule has 0 amide bonds. The number of nitrogens with two attached hydrogens (primary N) is 1. The Balaban J connectivity index is 2.08. The molecule has 0 aromatic carbocycles. The Hall–Kier alpha value is -1.61. The SMILES string of the molecule is Cc1ccc(-n2ccc3c2CC(C)(C)CC3N)nc1. The van der Waals surface area contributed by atoms with Crippen molar-refractivity contribution in [3.05, 3.63) is 47.4 Å². The summed E-state index contributed by atoms with van der Waals surface area (Å²) >= 11 is 0. The average molecular weight is 255 g/mol. The highest BCUT2D eigenvalue weighted by atomic mass is 15.1. The van der Waals surface area contributed by atoms with E-state index < -0.39 is 0 Å². The summed E-state index contributed by atoms with van der Waals surface area (Å²) in [5.41, 5.74) is 10.3. The highest BCUT2D eigenvalue weighted by molar-refractivity contribution is 5.37. The molecular formula is C16H21N3. The third-order valence-corrected chi connectivity index (χ3v) is 3.99. The van der Waals surface area contributed by atoms with Gasteiger partial charge in [-0.25, -0.2) is 4.98 Å². The van der Waals surface area contributed by atoms with Gasteiger partial charge >= 0.3 is 0 Å². The van der Waals surface area contributed by atoms with Gasteiger partial charge in [-0.1, -0.05) is 19.9 Å². The fraction of sp³-hybridized carbons (Fsp3) is 0.438. The van der Waals surface area contributed by atoms with E-state index in [4.69, 9.17) is 5.73 Å². The van der Waals surface area contributed by atoms with Gasteiger partial charge < -0.3 is 10.3 Å². The molecule has 0 bridgehead atoms. The molecule has 0 spiro atoms. The maximum Gasteiger partial charge on any atom is 0.136 e. The Labute approximate surface area is 114 Å². The van der Waals surface area contributed by atoms with E-state index in [1.165, 1.54) is 16.8 Å². The average Bonchev–Trinajstić information content (AvgIpc) is 2.72. The van der Waals surface area contributed by atoms with Crippen LogP contribution in [-0.2, 0) is 6.42 Å². The zero-order chi connectivity index (χ0) is 13.6. The molecule has 2 aromatic heterocycles. The molecule has 0 saturated heterocycles. The molecule has 2 aromatic rings. The van der Waals surface area contributed by atoms with Crippen LogP contribution >= 0.6 is 0 Å². The van der Waals surface area contributed by atoms with Crippen LogP contribution in [0.15, 0.2) is 30.6 Å². The number of fused-ring (bicyclic) bond motifs is 1. The summed E-state index contributed by atoms with van der Waals surface area (Å²) < 4.78 is 2.19. The zero-order valence-electron chi connectivity index (χ0n) is 11.9. The highest BCUT2D eigenvalue weighted by Crippen LogP contribution is 2.40. The fourth-order valence-corrected chi connectivity index (χ4v) is 3.05. The standard InChI is InChI=1S/C16H21N3/c1-11-4-5-15(18-10-11)19-7-6-12-13(17)8-16(2,3)9-14(12)19/h4-7,10,13H,8-9,17H2,1-3H3. The summed E-state index contributed by atoms with van der Waals surface area (Å²) in [4.78, 5) is 4.52. The molecule has 3 nitrogen and oxygen atoms in total. The van der Waals surface area contributed by atoms with Gasteiger partial charge in [0.2, 0.25) is 0 Å². The van der Waals surface area contributed by atoms with E-state index in [-0.39, 0.29) is 11.5 Å². The van der Waals surface area contributed by atoms with Crippen LogP contribution < -0.4 is 5.73 Å². The highest BCUT2D eigenvalue weighted by Gasteiger charge is 2.32. The van der Waals surface area contributed by atoms with Crippen molar-refractivity contribution in [2.45, 2.75) is 39.7 Å². The number of aromatic nitrogens is 2. The number of aryl methyl sites for hydroxylation is 1. The minimum absolute atomic E-state index is 0.144. The van der Waals surface area contributed by atoms with Crippen molar-refractivity contribution in [3.8, 4) is 5.82 Å². The minimum atomic E-state index is 0.144. The van der Waals surface area contributed by atoms with Gasteiger partial charge in [-0.3, -0.25) is 0 Å². The Morgan fingerprint density at radius 1 is 1.32 bits per heavy atom. The maximum atomic E-state index is 6.30. The van der Waals surface area contributed by atoms with Gasteiger partial charge in [0, 0.05) is 24.1 Å². The summed E-state index contributed by atoms with van der Waals surface area (Å²) in [7, 11) is 0. The van der Waals surface area contributed by atoms with Gasteiger partial charge in [0.05, 0.1) is 0 Å². The number of pyridine rings is 1. The molecule has 0 radical (unpaired) electrons. The van der Waals surface area contributed by atoms with Crippen molar-refractivity contribution in [2.24, 2.45) is 11.1 Å². The first kappa shape index (κ1) is 12.4. The molecule has 1 aliphatic carbocycles. The van der Waals surface area contributed by atoms with Crippen molar-refractivity contribution >= 4 is 0 Å². The van der Waals surface area contributed by atoms with Crippen LogP contribution in [0.1, 0.15) is 43.1 Å². The van der Waals surface area contributed by atoms with Crippen LogP contribution in [0, 0.1) is 12.3 Å². The summed E-state index contributed by atoms with van der Waals surface area (Å²) in [5.74, 6) is 0.983. The molecule has 1 aliphatic rings. The van der Waals surface area contributed by atoms with Crippen molar-refractivity contribution < 1.29 is 0 Å². The molecule has 0 saturated carbocycles. The second-order valence-electron chi connectivity index (χ2n) is 6.43. The van der Waals surface area contributed by atoms with Gasteiger partial charge in [-0.05, 0) is 48.4 Å². The Kier molecular flexibility index (Phi) is 2.75. The number of nitrogens with zero attached hydrogens (tertiary/aromatic N) is 2. The van der Waals surface area contributed by atoms with Crippen LogP contribution in [0.25, 0.3) is 5.82 Å². The molecule has 100 valence electrons. The van der Waals surface area contributed by atoms with Gasteiger partial charge in [-0.15, -0.1) is 0 Å². The molecule has 1 unspecified atom stereocenters. The second kappa shape index (κ2) is 4.20. The third kappa shape index (κ3) is 2.19. The predicted molar refractivity (Wildman–Crippen MR) is 77.3 cm³/mol. The molecule has 2 N–H and O–H groups in total. The monoisotopic (exact) mass is 255 g/mol. The molecular weight excluding hydrogens is 234 g/mol. The third-order valence-electron chi connectivity index (χ3n) is 3.99. The number of rotatable bonds is 1. The lowest BCUT2D eigenvalue weighted by Crippen LogP contribution is -2.30. The van der Waals surface area contributed by atoms with Gasteiger partial charge in [0.25, 0.3) is 0 Å². The molecule has 0 aliphatic heterocycles. The molecule has 1 atom stereocenters. The summed E-state index contributed by atoms with van der Waals surface area (Å²) in [6.45, 7) is 6.63. The summed E-state index contributed by atoms with van der Waals surface area (Å²) in [5, 5.41) is 0. The lowest BCUT2D eigenvalue weighted by Gasteiger charge is -2.34. The van der Waals surface area contributed by atoms with E-state index in [9.17, 15) is 0 Å². The lowest BCUT2D eigenvalue weighted by atomic mass is 9.74. The quantitative estimate of drug-likeness (QED) is 0.850. The van der Waals surface area contributed by atoms with E-state index >= 15 is 0 Å². The Bertz CT molecular complexity index is 593. The largest absolute Gasteiger partial charge is 0.324 e. The van der Waals surface area contributed by atoms with E-state index in [0.29, 0.717) is 0 Å². The van der Waals surface area contributed by atoms with E-state index in [1.54, 1.807) is 0 Å². The van der Waals surface area contributed by atoms with Gasteiger partial charge in [-0.2, -0.15) is 0 Å². The van der Waals surface area contributed by atoms with Crippen LogP contribution in [0.5, 0.6) is 0 Å². The van der Waals surface area contributed by atoms with Crippen molar-refractivity contribution in [2.75, 3.05) is 0 Å². The predicted octanol–water partition coefficient (Wildman–Crippen LogP) is 3.15. The normalized spacial score (nSPS) is 21.2. The van der Waals surface area contributed by atoms with Crippen molar-refractivity contribution in [1.82, 2.24) is 9.55 Å². The zero-order valence-corrected chi connectivity index (χ0v) is 11.9. The fourth-order valence-electron chi connectivity index (χ4n) is 3.05. The summed E-state index contributed by atoms with van der Waals surface area (Å²) in [6.07, 6.45) is 6.11. The lowest BCUT2D eigenvalue weighted by molar-refractivity contribution is 0.278. The van der Waals surface area contributed by atoms with Gasteiger partial charge in [0.15, 0.2) is 0 Å². The van der Waals surface area contributed by atoms with E-state index in [2.05, 4.69) is 54.7 Å². The smallest absolute Gasteiger partial charge is 0.136 e. The van der Waals surface area contributed by atoms with Crippen LogP contribution in [-0.4, -0.2) is 9.55 Å². The first-order valence-electron chi connectivity index (χ1n) is 6.85. The van der Waals surface area contributed by atoms with Crippen LogP contribution in [0.2, 0.25) is 0 Å². The number of hydrogen-bond acceptors (Lipinski definition) is 2. The minimum Gasteiger partial charge on any atom is -0.324 e. The van der Waals surface area contributed by atoms with Gasteiger partial charge in [0.1, 0.15) is 5.82 Å². The first-order valence-corrected chi connectivity index (χ1v) is 6.85. The second-order valence-corrected chi connectivity index (χ2v) is 6.43. The Morgan fingerprint density at radius 2 is 2.11 bits per heavy atom. The molecule has 3 rings (SSSR count). The molecule has 2 heterocycles. The Morgan fingerprint density at radius 3 is 2.79 bits per heavy atom. The van der Waals surface area contributed by atoms with Crippen molar-refractivity contribution in [1.29, 1.82) is 0 Å². The number of hydrogen-bond donors (Lipinski definition) is 1. The molecule has 0 fully saturated rings. The van der Waals surface area contributed by atoms with E-state index in [1.807, 2.05) is 6.20 Å². The van der Waals surface area contributed by atoms with Crippen LogP contribution in [0.3, 0.4) is 0 Å². The summed E-state index contributed by atoms with van der Waals surface area (Å²) in [6, 6.07) is 6.47. The maximum absolute atomic E-state index is 6.30. The topological polar surface area (TPSA) is 43.8 Å². The first-order chi connectivity index (χ1) is 8.96. The van der Waals surface area contributed by atoms with Crippen molar-refractivity contribution in [3.63, 3.8) is 0 Å². The molecule has 3 heteroatoms.